The topological polar surface area (TPSA) is 37.3 Å². The molecular formula is C12H11BrClFO2. The van der Waals surface area contributed by atoms with Crippen LogP contribution in [0.15, 0.2) is 16.6 Å². The molecule has 1 aliphatic carbocycles. The summed E-state index contributed by atoms with van der Waals surface area (Å²) in [4.78, 5) is 11.5. The fourth-order valence-corrected chi connectivity index (χ4v) is 3.18. The summed E-state index contributed by atoms with van der Waals surface area (Å²) in [6.07, 6.45) is 2.45. The fraction of sp³-hybridized carbons (Fsp3) is 0.417. The Labute approximate surface area is 112 Å². The van der Waals surface area contributed by atoms with Crippen LogP contribution in [0.5, 0.6) is 0 Å². The van der Waals surface area contributed by atoms with E-state index in [-0.39, 0.29) is 10.6 Å². The van der Waals surface area contributed by atoms with Crippen LogP contribution in [0.4, 0.5) is 4.39 Å². The van der Waals surface area contributed by atoms with Crippen molar-refractivity contribution >= 4 is 33.5 Å². The first kappa shape index (κ1) is 12.8. The number of benzene rings is 1. The molecule has 0 bridgehead atoms. The van der Waals surface area contributed by atoms with Crippen LogP contribution in [0.1, 0.15) is 31.2 Å². The van der Waals surface area contributed by atoms with Gasteiger partial charge >= 0.3 is 5.97 Å². The van der Waals surface area contributed by atoms with Crippen molar-refractivity contribution in [1.29, 1.82) is 0 Å². The number of carboxylic acid groups (broad SMARTS) is 1. The Morgan fingerprint density at radius 1 is 1.41 bits per heavy atom. The van der Waals surface area contributed by atoms with Crippen LogP contribution in [0, 0.1) is 5.82 Å². The Kier molecular flexibility index (Phi) is 3.46. The van der Waals surface area contributed by atoms with E-state index in [9.17, 15) is 14.3 Å². The zero-order valence-electron chi connectivity index (χ0n) is 8.97. The van der Waals surface area contributed by atoms with Crippen molar-refractivity contribution in [3.05, 3.63) is 33.0 Å². The molecule has 0 aliphatic heterocycles. The minimum atomic E-state index is -1.16. The van der Waals surface area contributed by atoms with Crippen molar-refractivity contribution in [3.63, 3.8) is 0 Å². The lowest BCUT2D eigenvalue weighted by Crippen LogP contribution is -2.34. The van der Waals surface area contributed by atoms with E-state index >= 15 is 0 Å². The van der Waals surface area contributed by atoms with E-state index in [4.69, 9.17) is 11.6 Å². The number of aliphatic carboxylic acids is 1. The number of hydrogen-bond donors (Lipinski definition) is 1. The van der Waals surface area contributed by atoms with Gasteiger partial charge in [-0.1, -0.05) is 24.4 Å². The third-order valence-electron chi connectivity index (χ3n) is 3.39. The van der Waals surface area contributed by atoms with Gasteiger partial charge in [-0.05, 0) is 40.9 Å². The quantitative estimate of drug-likeness (QED) is 0.831. The largest absolute Gasteiger partial charge is 0.481 e. The first-order valence-electron chi connectivity index (χ1n) is 5.36. The third-order valence-corrected chi connectivity index (χ3v) is 4.67. The van der Waals surface area contributed by atoms with Gasteiger partial charge in [0.25, 0.3) is 0 Å². The molecule has 0 unspecified atom stereocenters. The number of carbonyl (C=O) groups is 1. The van der Waals surface area contributed by atoms with E-state index in [0.717, 1.165) is 12.8 Å². The lowest BCUT2D eigenvalue weighted by atomic mass is 9.78. The Morgan fingerprint density at radius 2 is 2.00 bits per heavy atom. The summed E-state index contributed by atoms with van der Waals surface area (Å²) in [5, 5.41) is 9.59. The van der Waals surface area contributed by atoms with Crippen LogP contribution in [0.3, 0.4) is 0 Å². The maximum Gasteiger partial charge on any atom is 0.314 e. The summed E-state index contributed by atoms with van der Waals surface area (Å²) in [6, 6.07) is 2.75. The molecule has 0 saturated heterocycles. The molecule has 0 heterocycles. The molecule has 0 spiro atoms. The highest BCUT2D eigenvalue weighted by Gasteiger charge is 2.46. The van der Waals surface area contributed by atoms with Crippen LogP contribution in [0.25, 0.3) is 0 Å². The van der Waals surface area contributed by atoms with Gasteiger partial charge in [-0.3, -0.25) is 4.79 Å². The van der Waals surface area contributed by atoms with Crippen molar-refractivity contribution in [2.75, 3.05) is 0 Å². The molecule has 1 N–H and O–H groups in total. The Morgan fingerprint density at radius 3 is 2.53 bits per heavy atom. The normalized spacial score (nSPS) is 18.3. The summed E-state index contributed by atoms with van der Waals surface area (Å²) in [7, 11) is 0. The molecule has 0 aromatic heterocycles. The lowest BCUT2D eigenvalue weighted by Gasteiger charge is -2.26. The number of hydrogen-bond acceptors (Lipinski definition) is 1. The highest BCUT2D eigenvalue weighted by atomic mass is 79.9. The SMILES string of the molecule is O=C(O)C1(c2c(F)ccc(Br)c2Cl)CCCC1. The van der Waals surface area contributed by atoms with E-state index in [1.54, 1.807) is 0 Å². The molecule has 0 radical (unpaired) electrons. The van der Waals surface area contributed by atoms with Crippen LogP contribution < -0.4 is 0 Å². The predicted octanol–water partition coefficient (Wildman–Crippen LogP) is 4.14. The second-order valence-corrected chi connectivity index (χ2v) is 5.54. The molecule has 5 heteroatoms. The number of rotatable bonds is 2. The minimum absolute atomic E-state index is 0.124. The van der Waals surface area contributed by atoms with Crippen molar-refractivity contribution in [3.8, 4) is 0 Å². The standard InChI is InChI=1S/C12H11BrClFO2/c13-7-3-4-8(15)9(10(7)14)12(11(16)17)5-1-2-6-12/h3-4H,1-2,5-6H2,(H,16,17). The maximum absolute atomic E-state index is 13.9. The molecule has 2 nitrogen and oxygen atoms in total. The first-order chi connectivity index (χ1) is 7.99. The molecule has 0 amide bonds. The average molecular weight is 322 g/mol. The highest BCUT2D eigenvalue weighted by molar-refractivity contribution is 9.10. The van der Waals surface area contributed by atoms with E-state index in [1.807, 2.05) is 0 Å². The molecule has 1 aromatic carbocycles. The maximum atomic E-state index is 13.9. The molecule has 2 rings (SSSR count). The summed E-state index contributed by atoms with van der Waals surface area (Å²) in [5.41, 5.74) is -1.04. The monoisotopic (exact) mass is 320 g/mol. The van der Waals surface area contributed by atoms with Crippen LogP contribution in [-0.2, 0) is 10.2 Å². The van der Waals surface area contributed by atoms with Gasteiger partial charge < -0.3 is 5.11 Å². The molecule has 17 heavy (non-hydrogen) atoms. The van der Waals surface area contributed by atoms with Crippen molar-refractivity contribution in [2.24, 2.45) is 0 Å². The van der Waals surface area contributed by atoms with E-state index in [2.05, 4.69) is 15.9 Å². The zero-order chi connectivity index (χ0) is 12.6. The summed E-state index contributed by atoms with van der Waals surface area (Å²) >= 11 is 9.27. The van der Waals surface area contributed by atoms with Crippen molar-refractivity contribution in [2.45, 2.75) is 31.1 Å². The average Bonchev–Trinajstić information content (AvgIpc) is 2.74. The minimum Gasteiger partial charge on any atom is -0.481 e. The predicted molar refractivity (Wildman–Crippen MR) is 66.9 cm³/mol. The highest BCUT2D eigenvalue weighted by Crippen LogP contribution is 2.46. The molecular weight excluding hydrogens is 310 g/mol. The van der Waals surface area contributed by atoms with Crippen molar-refractivity contribution in [1.82, 2.24) is 0 Å². The van der Waals surface area contributed by atoms with Gasteiger partial charge in [0.15, 0.2) is 0 Å². The van der Waals surface area contributed by atoms with Gasteiger partial charge in [0.05, 0.1) is 10.4 Å². The Balaban J connectivity index is 2.66. The molecule has 1 saturated carbocycles. The zero-order valence-corrected chi connectivity index (χ0v) is 11.3. The van der Waals surface area contributed by atoms with Gasteiger partial charge in [-0.25, -0.2) is 4.39 Å². The van der Waals surface area contributed by atoms with Crippen LogP contribution in [-0.4, -0.2) is 11.1 Å². The molecule has 1 aromatic rings. The van der Waals surface area contributed by atoms with Gasteiger partial charge in [-0.2, -0.15) is 0 Å². The van der Waals surface area contributed by atoms with E-state index < -0.39 is 17.2 Å². The van der Waals surface area contributed by atoms with Crippen molar-refractivity contribution < 1.29 is 14.3 Å². The molecule has 1 fully saturated rings. The summed E-state index contributed by atoms with van der Waals surface area (Å²) in [5.74, 6) is -1.53. The van der Waals surface area contributed by atoms with Gasteiger partial charge in [-0.15, -0.1) is 0 Å². The molecule has 1 aliphatic rings. The third kappa shape index (κ3) is 1.97. The number of carboxylic acids is 1. The lowest BCUT2D eigenvalue weighted by molar-refractivity contribution is -0.143. The summed E-state index contributed by atoms with van der Waals surface area (Å²) in [6.45, 7) is 0. The second-order valence-electron chi connectivity index (χ2n) is 4.31. The fourth-order valence-electron chi connectivity index (χ4n) is 2.52. The summed E-state index contributed by atoms with van der Waals surface area (Å²) < 4.78 is 14.4. The first-order valence-corrected chi connectivity index (χ1v) is 6.53. The van der Waals surface area contributed by atoms with E-state index in [0.29, 0.717) is 17.3 Å². The van der Waals surface area contributed by atoms with Gasteiger partial charge in [0.1, 0.15) is 5.82 Å². The smallest absolute Gasteiger partial charge is 0.314 e. The number of halogens is 3. The Bertz CT molecular complexity index is 470. The van der Waals surface area contributed by atoms with Gasteiger partial charge in [0.2, 0.25) is 0 Å². The molecule has 92 valence electrons. The van der Waals surface area contributed by atoms with Crippen LogP contribution >= 0.6 is 27.5 Å². The molecule has 0 atom stereocenters. The van der Waals surface area contributed by atoms with Crippen LogP contribution in [0.2, 0.25) is 5.02 Å². The second kappa shape index (κ2) is 4.58. The van der Waals surface area contributed by atoms with Gasteiger partial charge in [0, 0.05) is 10.0 Å². The van der Waals surface area contributed by atoms with E-state index in [1.165, 1.54) is 12.1 Å². The Hall–Kier alpha value is -0.610.